The standard InChI is InChI=1S/C16H15N5O2/c1-11-7-15(21-23-11)20-16(22)14-5-4-13(10-19-14)18-9-12-3-2-6-17-8-12/h2-8,10,18H,9H2,1H3,(H,20,21,22). The molecule has 0 bridgehead atoms. The van der Waals surface area contributed by atoms with Crippen LogP contribution in [0.3, 0.4) is 0 Å². The lowest BCUT2D eigenvalue weighted by atomic mass is 10.2. The van der Waals surface area contributed by atoms with Crippen molar-refractivity contribution in [1.82, 2.24) is 15.1 Å². The first-order valence-electron chi connectivity index (χ1n) is 7.04. The molecule has 0 aromatic carbocycles. The lowest BCUT2D eigenvalue weighted by molar-refractivity contribution is 0.102. The van der Waals surface area contributed by atoms with E-state index in [0.717, 1.165) is 11.3 Å². The lowest BCUT2D eigenvalue weighted by Gasteiger charge is -2.06. The molecular formula is C16H15N5O2. The van der Waals surface area contributed by atoms with Gasteiger partial charge < -0.3 is 15.2 Å². The van der Waals surface area contributed by atoms with Gasteiger partial charge in [-0.3, -0.25) is 9.78 Å². The number of hydrogen-bond acceptors (Lipinski definition) is 6. The molecule has 2 N–H and O–H groups in total. The Hall–Kier alpha value is -3.22. The highest BCUT2D eigenvalue weighted by Gasteiger charge is 2.10. The topological polar surface area (TPSA) is 92.9 Å². The summed E-state index contributed by atoms with van der Waals surface area (Å²) >= 11 is 0. The van der Waals surface area contributed by atoms with Crippen LogP contribution in [0.25, 0.3) is 0 Å². The van der Waals surface area contributed by atoms with Gasteiger partial charge in [0.2, 0.25) is 0 Å². The van der Waals surface area contributed by atoms with Crippen LogP contribution in [0, 0.1) is 6.92 Å². The number of hydrogen-bond donors (Lipinski definition) is 2. The number of amides is 1. The highest BCUT2D eigenvalue weighted by atomic mass is 16.5. The molecule has 0 aliphatic rings. The molecule has 0 aliphatic heterocycles. The van der Waals surface area contributed by atoms with E-state index < -0.39 is 0 Å². The first kappa shape index (κ1) is 14.7. The maximum absolute atomic E-state index is 12.0. The normalized spacial score (nSPS) is 10.3. The molecule has 1 amide bonds. The van der Waals surface area contributed by atoms with Gasteiger partial charge in [0, 0.05) is 25.0 Å². The van der Waals surface area contributed by atoms with Gasteiger partial charge in [-0.2, -0.15) is 0 Å². The van der Waals surface area contributed by atoms with Gasteiger partial charge in [0.25, 0.3) is 5.91 Å². The molecule has 7 nitrogen and oxygen atoms in total. The predicted molar refractivity (Wildman–Crippen MR) is 85.0 cm³/mol. The van der Waals surface area contributed by atoms with Crippen molar-refractivity contribution >= 4 is 17.4 Å². The van der Waals surface area contributed by atoms with Gasteiger partial charge in [0.05, 0.1) is 11.9 Å². The summed E-state index contributed by atoms with van der Waals surface area (Å²) in [5, 5.41) is 9.55. The van der Waals surface area contributed by atoms with Crippen molar-refractivity contribution in [3.05, 3.63) is 65.9 Å². The number of aryl methyl sites for hydroxylation is 1. The van der Waals surface area contributed by atoms with E-state index in [0.29, 0.717) is 23.8 Å². The number of nitrogens with one attached hydrogen (secondary N) is 2. The second-order valence-corrected chi connectivity index (χ2v) is 4.92. The van der Waals surface area contributed by atoms with Crippen LogP contribution in [0.2, 0.25) is 0 Å². The van der Waals surface area contributed by atoms with Gasteiger partial charge in [-0.15, -0.1) is 0 Å². The number of rotatable bonds is 5. The van der Waals surface area contributed by atoms with Crippen LogP contribution < -0.4 is 10.6 Å². The number of aromatic nitrogens is 3. The predicted octanol–water partition coefficient (Wildman–Crippen LogP) is 2.64. The van der Waals surface area contributed by atoms with E-state index >= 15 is 0 Å². The van der Waals surface area contributed by atoms with E-state index in [1.165, 1.54) is 0 Å². The van der Waals surface area contributed by atoms with Crippen molar-refractivity contribution in [1.29, 1.82) is 0 Å². The van der Waals surface area contributed by atoms with Gasteiger partial charge in [0.15, 0.2) is 5.82 Å². The van der Waals surface area contributed by atoms with E-state index in [1.54, 1.807) is 43.7 Å². The van der Waals surface area contributed by atoms with Crippen LogP contribution in [0.1, 0.15) is 21.8 Å². The Morgan fingerprint density at radius 2 is 2.17 bits per heavy atom. The van der Waals surface area contributed by atoms with Crippen LogP contribution in [0.5, 0.6) is 0 Å². The zero-order valence-corrected chi connectivity index (χ0v) is 12.5. The van der Waals surface area contributed by atoms with Gasteiger partial charge in [-0.05, 0) is 30.7 Å². The highest BCUT2D eigenvalue weighted by molar-refractivity contribution is 6.02. The fraction of sp³-hybridized carbons (Fsp3) is 0.125. The summed E-state index contributed by atoms with van der Waals surface area (Å²) < 4.78 is 4.89. The first-order chi connectivity index (χ1) is 11.2. The fourth-order valence-electron chi connectivity index (χ4n) is 1.95. The number of nitrogens with zero attached hydrogens (tertiary/aromatic N) is 3. The molecule has 7 heteroatoms. The lowest BCUT2D eigenvalue weighted by Crippen LogP contribution is -2.14. The van der Waals surface area contributed by atoms with Crippen LogP contribution >= 0.6 is 0 Å². The van der Waals surface area contributed by atoms with Gasteiger partial charge in [0.1, 0.15) is 11.5 Å². The molecule has 0 aliphatic carbocycles. The smallest absolute Gasteiger partial charge is 0.275 e. The summed E-state index contributed by atoms with van der Waals surface area (Å²) in [6.07, 6.45) is 5.14. The monoisotopic (exact) mass is 309 g/mol. The first-order valence-corrected chi connectivity index (χ1v) is 7.04. The number of anilines is 2. The van der Waals surface area contributed by atoms with Crippen LogP contribution in [0.4, 0.5) is 11.5 Å². The van der Waals surface area contributed by atoms with Crippen LogP contribution in [0.15, 0.2) is 53.4 Å². The Kier molecular flexibility index (Phi) is 4.28. The molecule has 23 heavy (non-hydrogen) atoms. The summed E-state index contributed by atoms with van der Waals surface area (Å²) in [5.41, 5.74) is 2.19. The summed E-state index contributed by atoms with van der Waals surface area (Å²) in [6, 6.07) is 8.95. The average Bonchev–Trinajstić information content (AvgIpc) is 2.99. The molecular weight excluding hydrogens is 294 g/mol. The molecule has 0 fully saturated rings. The molecule has 0 radical (unpaired) electrons. The molecule has 3 aromatic rings. The van der Waals surface area contributed by atoms with Gasteiger partial charge in [-0.1, -0.05) is 11.2 Å². The highest BCUT2D eigenvalue weighted by Crippen LogP contribution is 2.11. The second kappa shape index (κ2) is 6.69. The van der Waals surface area contributed by atoms with Gasteiger partial charge in [-0.25, -0.2) is 4.98 Å². The van der Waals surface area contributed by atoms with E-state index in [4.69, 9.17) is 4.52 Å². The van der Waals surface area contributed by atoms with E-state index in [-0.39, 0.29) is 5.91 Å². The van der Waals surface area contributed by atoms with E-state index in [2.05, 4.69) is 25.8 Å². The van der Waals surface area contributed by atoms with Gasteiger partial charge >= 0.3 is 0 Å². The Bertz CT molecular complexity index is 784. The largest absolute Gasteiger partial charge is 0.380 e. The summed E-state index contributed by atoms with van der Waals surface area (Å²) in [4.78, 5) is 20.2. The minimum Gasteiger partial charge on any atom is -0.380 e. The average molecular weight is 309 g/mol. The van der Waals surface area contributed by atoms with Crippen LogP contribution in [-0.4, -0.2) is 21.0 Å². The molecule has 0 saturated heterocycles. The third-order valence-electron chi connectivity index (χ3n) is 3.09. The molecule has 0 unspecified atom stereocenters. The fourth-order valence-corrected chi connectivity index (χ4v) is 1.95. The van der Waals surface area contributed by atoms with Crippen molar-refractivity contribution in [3.63, 3.8) is 0 Å². The number of carbonyl (C=O) groups is 1. The Balaban J connectivity index is 1.59. The summed E-state index contributed by atoms with van der Waals surface area (Å²) in [6.45, 7) is 2.39. The Morgan fingerprint density at radius 3 is 2.83 bits per heavy atom. The molecule has 116 valence electrons. The number of pyridine rings is 2. The Morgan fingerprint density at radius 1 is 1.26 bits per heavy atom. The molecule has 0 atom stereocenters. The molecule has 3 rings (SSSR count). The minimum atomic E-state index is -0.336. The zero-order valence-electron chi connectivity index (χ0n) is 12.5. The maximum atomic E-state index is 12.0. The van der Waals surface area contributed by atoms with Crippen molar-refractivity contribution in [2.75, 3.05) is 10.6 Å². The maximum Gasteiger partial charge on any atom is 0.275 e. The quantitative estimate of drug-likeness (QED) is 0.752. The van der Waals surface area contributed by atoms with Crippen molar-refractivity contribution in [3.8, 4) is 0 Å². The SMILES string of the molecule is Cc1cc(NC(=O)c2ccc(NCc3cccnc3)cn2)no1. The zero-order chi connectivity index (χ0) is 16.1. The van der Waals surface area contributed by atoms with E-state index in [9.17, 15) is 4.79 Å². The second-order valence-electron chi connectivity index (χ2n) is 4.92. The third-order valence-corrected chi connectivity index (χ3v) is 3.09. The third kappa shape index (κ3) is 3.91. The van der Waals surface area contributed by atoms with Crippen molar-refractivity contribution in [2.24, 2.45) is 0 Å². The van der Waals surface area contributed by atoms with Crippen molar-refractivity contribution in [2.45, 2.75) is 13.5 Å². The minimum absolute atomic E-state index is 0.303. The number of carbonyl (C=O) groups excluding carboxylic acids is 1. The molecule has 0 saturated carbocycles. The molecule has 0 spiro atoms. The Labute approximate surface area is 132 Å². The van der Waals surface area contributed by atoms with E-state index in [1.807, 2.05) is 12.1 Å². The summed E-state index contributed by atoms with van der Waals surface area (Å²) in [7, 11) is 0. The molecule has 3 aromatic heterocycles. The van der Waals surface area contributed by atoms with Crippen LogP contribution in [-0.2, 0) is 6.54 Å². The molecule has 3 heterocycles. The van der Waals surface area contributed by atoms with Crippen molar-refractivity contribution < 1.29 is 9.32 Å². The summed E-state index contributed by atoms with van der Waals surface area (Å²) in [5.74, 6) is 0.661.